The fraction of sp³-hybridized carbons (Fsp3) is 0.929. The predicted molar refractivity (Wildman–Crippen MR) is 71.9 cm³/mol. The minimum atomic E-state index is 0.149. The number of hydrogen-bond donors (Lipinski definition) is 2. The van der Waals surface area contributed by atoms with Gasteiger partial charge in [0.25, 0.3) is 0 Å². The number of rotatable bonds is 7. The van der Waals surface area contributed by atoms with E-state index in [1.165, 1.54) is 32.1 Å². The maximum absolute atomic E-state index is 11.5. The molecule has 0 bridgehead atoms. The molecule has 3 heteroatoms. The van der Waals surface area contributed by atoms with E-state index in [0.29, 0.717) is 12.5 Å². The Morgan fingerprint density at radius 2 is 1.76 bits per heavy atom. The van der Waals surface area contributed by atoms with Gasteiger partial charge < -0.3 is 10.6 Å². The summed E-state index contributed by atoms with van der Waals surface area (Å²) in [4.78, 5) is 11.5. The summed E-state index contributed by atoms with van der Waals surface area (Å²) in [6, 6.07) is 0. The van der Waals surface area contributed by atoms with E-state index in [4.69, 9.17) is 0 Å². The third-order valence-electron chi connectivity index (χ3n) is 3.84. The van der Waals surface area contributed by atoms with Crippen LogP contribution in [-0.2, 0) is 4.79 Å². The Balaban J connectivity index is 2.04. The van der Waals surface area contributed by atoms with Gasteiger partial charge in [-0.2, -0.15) is 0 Å². The summed E-state index contributed by atoms with van der Waals surface area (Å²) in [6.45, 7) is 6.67. The monoisotopic (exact) mass is 240 g/mol. The van der Waals surface area contributed by atoms with E-state index in [1.807, 2.05) is 0 Å². The van der Waals surface area contributed by atoms with E-state index >= 15 is 0 Å². The maximum atomic E-state index is 11.5. The van der Waals surface area contributed by atoms with Crippen LogP contribution in [0.5, 0.6) is 0 Å². The van der Waals surface area contributed by atoms with Crippen LogP contribution < -0.4 is 10.6 Å². The van der Waals surface area contributed by atoms with E-state index in [0.717, 1.165) is 25.4 Å². The zero-order chi connectivity index (χ0) is 12.5. The zero-order valence-corrected chi connectivity index (χ0v) is 11.4. The molecule has 0 aliphatic heterocycles. The molecule has 0 radical (unpaired) electrons. The van der Waals surface area contributed by atoms with Crippen molar-refractivity contribution in [1.82, 2.24) is 10.6 Å². The molecule has 0 heterocycles. The van der Waals surface area contributed by atoms with Gasteiger partial charge in [0.1, 0.15) is 0 Å². The lowest BCUT2D eigenvalue weighted by Gasteiger charge is -2.27. The van der Waals surface area contributed by atoms with E-state index in [9.17, 15) is 4.79 Å². The fourth-order valence-corrected chi connectivity index (χ4v) is 2.54. The summed E-state index contributed by atoms with van der Waals surface area (Å²) in [5, 5.41) is 6.17. The minimum absolute atomic E-state index is 0.149. The Morgan fingerprint density at radius 1 is 1.12 bits per heavy atom. The van der Waals surface area contributed by atoms with Crippen molar-refractivity contribution in [2.45, 2.75) is 52.4 Å². The van der Waals surface area contributed by atoms with Crippen LogP contribution in [0.1, 0.15) is 52.4 Å². The maximum Gasteiger partial charge on any atom is 0.233 e. The molecule has 0 atom stereocenters. The Morgan fingerprint density at radius 3 is 2.35 bits per heavy atom. The quantitative estimate of drug-likeness (QED) is 0.671. The van der Waals surface area contributed by atoms with Gasteiger partial charge in [0, 0.05) is 6.54 Å². The Labute approximate surface area is 106 Å². The van der Waals surface area contributed by atoms with Crippen molar-refractivity contribution in [3.05, 3.63) is 0 Å². The molecule has 1 rings (SSSR count). The molecular formula is C14H28N2O. The molecule has 17 heavy (non-hydrogen) atoms. The van der Waals surface area contributed by atoms with Gasteiger partial charge in [-0.25, -0.2) is 0 Å². The van der Waals surface area contributed by atoms with Crippen LogP contribution in [0.25, 0.3) is 0 Å². The second kappa shape index (κ2) is 8.51. The Bertz CT molecular complexity index is 210. The fourth-order valence-electron chi connectivity index (χ4n) is 2.54. The molecule has 1 aliphatic rings. The van der Waals surface area contributed by atoms with Crippen molar-refractivity contribution in [2.75, 3.05) is 19.6 Å². The van der Waals surface area contributed by atoms with Crippen LogP contribution in [-0.4, -0.2) is 25.5 Å². The van der Waals surface area contributed by atoms with Gasteiger partial charge in [0.05, 0.1) is 6.54 Å². The van der Waals surface area contributed by atoms with Gasteiger partial charge in [-0.15, -0.1) is 0 Å². The Hall–Kier alpha value is -0.570. The number of carbonyl (C=O) groups excluding carboxylic acids is 1. The molecule has 0 aromatic rings. The standard InChI is InChI=1S/C14H28N2O/c1-3-9-15-11-14(17)16-10-13-7-5-12(4-2)6-8-13/h12-13,15H,3-11H2,1-2H3,(H,16,17). The molecule has 0 unspecified atom stereocenters. The number of nitrogens with one attached hydrogen (secondary N) is 2. The van der Waals surface area contributed by atoms with E-state index in [1.54, 1.807) is 0 Å². The molecule has 2 N–H and O–H groups in total. The van der Waals surface area contributed by atoms with Crippen molar-refractivity contribution < 1.29 is 4.79 Å². The van der Waals surface area contributed by atoms with Crippen LogP contribution in [0, 0.1) is 11.8 Å². The molecule has 100 valence electrons. The summed E-state index contributed by atoms with van der Waals surface area (Å²) in [5.41, 5.74) is 0. The second-order valence-corrected chi connectivity index (χ2v) is 5.28. The Kier molecular flexibility index (Phi) is 7.25. The average Bonchev–Trinajstić information content (AvgIpc) is 2.37. The van der Waals surface area contributed by atoms with Crippen LogP contribution in [0.2, 0.25) is 0 Å². The minimum Gasteiger partial charge on any atom is -0.355 e. The average molecular weight is 240 g/mol. The van der Waals surface area contributed by atoms with Crippen molar-refractivity contribution in [2.24, 2.45) is 11.8 Å². The SMILES string of the molecule is CCCNCC(=O)NCC1CCC(CC)CC1. The smallest absolute Gasteiger partial charge is 0.233 e. The molecular weight excluding hydrogens is 212 g/mol. The summed E-state index contributed by atoms with van der Waals surface area (Å²) in [7, 11) is 0. The molecule has 0 saturated heterocycles. The largest absolute Gasteiger partial charge is 0.355 e. The normalized spacial score (nSPS) is 24.6. The van der Waals surface area contributed by atoms with Crippen LogP contribution in [0.15, 0.2) is 0 Å². The van der Waals surface area contributed by atoms with E-state index < -0.39 is 0 Å². The van der Waals surface area contributed by atoms with Gasteiger partial charge in [-0.3, -0.25) is 4.79 Å². The third kappa shape index (κ3) is 6.06. The summed E-state index contributed by atoms with van der Waals surface area (Å²) >= 11 is 0. The van der Waals surface area contributed by atoms with E-state index in [-0.39, 0.29) is 5.91 Å². The highest BCUT2D eigenvalue weighted by molar-refractivity contribution is 5.77. The van der Waals surface area contributed by atoms with Crippen molar-refractivity contribution >= 4 is 5.91 Å². The van der Waals surface area contributed by atoms with Gasteiger partial charge in [-0.1, -0.05) is 33.1 Å². The lowest BCUT2D eigenvalue weighted by Crippen LogP contribution is -2.37. The molecule has 1 aliphatic carbocycles. The summed E-state index contributed by atoms with van der Waals surface area (Å²) in [6.07, 6.45) is 7.69. The highest BCUT2D eigenvalue weighted by atomic mass is 16.1. The highest BCUT2D eigenvalue weighted by Crippen LogP contribution is 2.29. The van der Waals surface area contributed by atoms with Gasteiger partial charge in [-0.05, 0) is 37.6 Å². The highest BCUT2D eigenvalue weighted by Gasteiger charge is 2.19. The first-order chi connectivity index (χ1) is 8.26. The van der Waals surface area contributed by atoms with Crippen molar-refractivity contribution in [3.8, 4) is 0 Å². The van der Waals surface area contributed by atoms with Crippen LogP contribution in [0.3, 0.4) is 0 Å². The van der Waals surface area contributed by atoms with Crippen LogP contribution >= 0.6 is 0 Å². The van der Waals surface area contributed by atoms with Crippen molar-refractivity contribution in [3.63, 3.8) is 0 Å². The number of hydrogen-bond acceptors (Lipinski definition) is 2. The molecule has 1 fully saturated rings. The first-order valence-corrected chi connectivity index (χ1v) is 7.23. The lowest BCUT2D eigenvalue weighted by atomic mass is 9.81. The van der Waals surface area contributed by atoms with Crippen molar-refractivity contribution in [1.29, 1.82) is 0 Å². The summed E-state index contributed by atoms with van der Waals surface area (Å²) < 4.78 is 0. The summed E-state index contributed by atoms with van der Waals surface area (Å²) in [5.74, 6) is 1.80. The molecule has 0 aromatic heterocycles. The van der Waals surface area contributed by atoms with E-state index in [2.05, 4.69) is 24.5 Å². The van der Waals surface area contributed by atoms with Gasteiger partial charge >= 0.3 is 0 Å². The molecule has 0 aromatic carbocycles. The molecule has 1 amide bonds. The van der Waals surface area contributed by atoms with Gasteiger partial charge in [0.2, 0.25) is 5.91 Å². The first-order valence-electron chi connectivity index (χ1n) is 7.23. The molecule has 1 saturated carbocycles. The lowest BCUT2D eigenvalue weighted by molar-refractivity contribution is -0.120. The zero-order valence-electron chi connectivity index (χ0n) is 11.4. The first kappa shape index (κ1) is 14.5. The number of carbonyl (C=O) groups is 1. The van der Waals surface area contributed by atoms with Gasteiger partial charge in [0.15, 0.2) is 0 Å². The predicted octanol–water partition coefficient (Wildman–Crippen LogP) is 2.32. The third-order valence-corrected chi connectivity index (χ3v) is 3.84. The molecule has 0 spiro atoms. The van der Waals surface area contributed by atoms with Crippen LogP contribution in [0.4, 0.5) is 0 Å². The molecule has 3 nitrogen and oxygen atoms in total. The second-order valence-electron chi connectivity index (χ2n) is 5.28. The topological polar surface area (TPSA) is 41.1 Å². The number of amides is 1.